The molecule has 1 rings (SSSR count). The Morgan fingerprint density at radius 3 is 2.47 bits per heavy atom. The van der Waals surface area contributed by atoms with Crippen LogP contribution in [0.1, 0.15) is 11.3 Å². The Morgan fingerprint density at radius 2 is 2.05 bits per heavy atom. The maximum atomic E-state index is 12.1. The number of halogens is 3. The van der Waals surface area contributed by atoms with Crippen molar-refractivity contribution in [3.63, 3.8) is 0 Å². The Morgan fingerprint density at radius 1 is 1.47 bits per heavy atom. The van der Waals surface area contributed by atoms with E-state index in [1.807, 2.05) is 0 Å². The Bertz CT molecular complexity index is 566. The van der Waals surface area contributed by atoms with E-state index in [9.17, 15) is 21.6 Å². The lowest BCUT2D eigenvalue weighted by atomic mass is 10.4. The molecule has 1 heterocycles. The topological polar surface area (TPSA) is 63.4 Å². The van der Waals surface area contributed by atoms with Crippen LogP contribution in [0.5, 0.6) is 0 Å². The van der Waals surface area contributed by atoms with Crippen molar-refractivity contribution in [2.24, 2.45) is 5.73 Å². The number of nitrogens with two attached hydrogens (primary N) is 1. The minimum absolute atomic E-state index is 0.0457. The van der Waals surface area contributed by atoms with Crippen LogP contribution < -0.4 is 5.73 Å². The first kappa shape index (κ1) is 16.3. The minimum atomic E-state index is -4.40. The van der Waals surface area contributed by atoms with Crippen molar-refractivity contribution in [1.29, 1.82) is 0 Å². The highest BCUT2D eigenvalue weighted by atomic mass is 32.2. The zero-order chi connectivity index (χ0) is 14.8. The van der Waals surface area contributed by atoms with Crippen molar-refractivity contribution in [1.82, 2.24) is 4.31 Å². The summed E-state index contributed by atoms with van der Waals surface area (Å²) in [5, 5.41) is 0. The molecule has 19 heavy (non-hydrogen) atoms. The van der Waals surface area contributed by atoms with Gasteiger partial charge in [-0.25, -0.2) is 8.42 Å². The van der Waals surface area contributed by atoms with Gasteiger partial charge in [0.1, 0.15) is 9.20 Å². The molecule has 0 bridgehead atoms. The van der Waals surface area contributed by atoms with Gasteiger partial charge in [-0.15, -0.1) is 11.3 Å². The van der Waals surface area contributed by atoms with E-state index < -0.39 is 29.2 Å². The standard InChI is InChI=1S/C9H11F3N2O2S3/c1-14(5-4-9(10,11)12)19(15,16)7-3-2-6(18-7)8(13)17/h2-3H,4-5H2,1H3,(H2,13,17). The highest BCUT2D eigenvalue weighted by Crippen LogP contribution is 2.26. The molecule has 4 nitrogen and oxygen atoms in total. The van der Waals surface area contributed by atoms with Gasteiger partial charge in [-0.2, -0.15) is 17.5 Å². The first-order chi connectivity index (χ1) is 8.54. The van der Waals surface area contributed by atoms with E-state index in [1.54, 1.807) is 0 Å². The fourth-order valence-corrected chi connectivity index (χ4v) is 3.88. The van der Waals surface area contributed by atoms with Gasteiger partial charge in [-0.1, -0.05) is 12.2 Å². The van der Waals surface area contributed by atoms with Crippen LogP contribution in [0.25, 0.3) is 0 Å². The number of alkyl halides is 3. The van der Waals surface area contributed by atoms with E-state index >= 15 is 0 Å². The zero-order valence-corrected chi connectivity index (χ0v) is 12.2. The monoisotopic (exact) mass is 332 g/mol. The molecule has 0 saturated carbocycles. The molecule has 10 heteroatoms. The molecule has 2 N–H and O–H groups in total. The fraction of sp³-hybridized carbons (Fsp3) is 0.444. The van der Waals surface area contributed by atoms with Crippen LogP contribution >= 0.6 is 23.6 Å². The lowest BCUT2D eigenvalue weighted by Gasteiger charge is -2.16. The van der Waals surface area contributed by atoms with E-state index in [2.05, 4.69) is 0 Å². The Balaban J connectivity index is 2.87. The summed E-state index contributed by atoms with van der Waals surface area (Å²) in [6.07, 6.45) is -5.60. The average molecular weight is 332 g/mol. The molecule has 108 valence electrons. The molecule has 1 aromatic rings. The molecule has 0 unspecified atom stereocenters. The SMILES string of the molecule is CN(CCC(F)(F)F)S(=O)(=O)c1ccc(C(N)=S)s1. The van der Waals surface area contributed by atoms with Crippen LogP contribution in [-0.2, 0) is 10.0 Å². The number of thiocarbonyl (C=S) groups is 1. The van der Waals surface area contributed by atoms with E-state index in [4.69, 9.17) is 18.0 Å². The van der Waals surface area contributed by atoms with E-state index in [0.29, 0.717) is 9.18 Å². The highest BCUT2D eigenvalue weighted by molar-refractivity contribution is 7.91. The van der Waals surface area contributed by atoms with Crippen LogP contribution in [-0.4, -0.2) is 37.5 Å². The summed E-state index contributed by atoms with van der Waals surface area (Å²) in [6, 6.07) is 2.70. The second-order valence-electron chi connectivity index (χ2n) is 3.67. The van der Waals surface area contributed by atoms with Gasteiger partial charge >= 0.3 is 6.18 Å². The van der Waals surface area contributed by atoms with Gasteiger partial charge in [0.15, 0.2) is 0 Å². The quantitative estimate of drug-likeness (QED) is 0.837. The third kappa shape index (κ3) is 4.41. The summed E-state index contributed by atoms with van der Waals surface area (Å²) in [4.78, 5) is 0.446. The van der Waals surface area contributed by atoms with Crippen molar-refractivity contribution in [2.75, 3.05) is 13.6 Å². The molecule has 1 aromatic heterocycles. The van der Waals surface area contributed by atoms with Gasteiger partial charge in [0.05, 0.1) is 11.3 Å². The molecular formula is C9H11F3N2O2S3. The zero-order valence-electron chi connectivity index (χ0n) is 9.77. The van der Waals surface area contributed by atoms with Crippen LogP contribution in [0.4, 0.5) is 13.2 Å². The lowest BCUT2D eigenvalue weighted by Crippen LogP contribution is -2.30. The third-order valence-electron chi connectivity index (χ3n) is 2.20. The molecule has 0 fully saturated rings. The number of sulfonamides is 1. The number of thiophene rings is 1. The summed E-state index contributed by atoms with van der Waals surface area (Å²) in [6.45, 7) is -0.633. The van der Waals surface area contributed by atoms with E-state index in [-0.39, 0.29) is 9.20 Å². The molecule has 0 aliphatic rings. The van der Waals surface area contributed by atoms with Crippen LogP contribution in [0.2, 0.25) is 0 Å². The molecule has 0 amide bonds. The smallest absolute Gasteiger partial charge is 0.389 e. The van der Waals surface area contributed by atoms with Gasteiger partial charge in [0, 0.05) is 13.6 Å². The summed E-state index contributed by atoms with van der Waals surface area (Å²) >= 11 is 5.53. The normalized spacial score (nSPS) is 12.9. The van der Waals surface area contributed by atoms with Gasteiger partial charge in [-0.3, -0.25) is 0 Å². The number of hydrogen-bond donors (Lipinski definition) is 1. The van der Waals surface area contributed by atoms with E-state index in [1.165, 1.54) is 12.1 Å². The number of rotatable bonds is 5. The molecular weight excluding hydrogens is 321 g/mol. The van der Waals surface area contributed by atoms with Gasteiger partial charge < -0.3 is 5.73 Å². The average Bonchev–Trinajstić information content (AvgIpc) is 2.74. The molecule has 0 atom stereocenters. The number of nitrogens with zero attached hydrogens (tertiary/aromatic N) is 1. The largest absolute Gasteiger partial charge is 0.390 e. The molecule has 0 aliphatic heterocycles. The van der Waals surface area contributed by atoms with Crippen molar-refractivity contribution >= 4 is 38.6 Å². The van der Waals surface area contributed by atoms with Crippen molar-refractivity contribution in [3.8, 4) is 0 Å². The van der Waals surface area contributed by atoms with Crippen molar-refractivity contribution in [2.45, 2.75) is 16.8 Å². The molecule has 0 spiro atoms. The van der Waals surface area contributed by atoms with Crippen LogP contribution in [0, 0.1) is 0 Å². The van der Waals surface area contributed by atoms with Gasteiger partial charge in [0.25, 0.3) is 10.0 Å². The lowest BCUT2D eigenvalue weighted by molar-refractivity contribution is -0.135. The van der Waals surface area contributed by atoms with Crippen LogP contribution in [0.3, 0.4) is 0 Å². The maximum absolute atomic E-state index is 12.1. The molecule has 0 saturated heterocycles. The summed E-state index contributed by atoms with van der Waals surface area (Å²) in [5.41, 5.74) is 5.35. The molecule has 0 aromatic carbocycles. The van der Waals surface area contributed by atoms with E-state index in [0.717, 1.165) is 18.4 Å². The van der Waals surface area contributed by atoms with Crippen molar-refractivity contribution < 1.29 is 21.6 Å². The minimum Gasteiger partial charge on any atom is -0.389 e. The van der Waals surface area contributed by atoms with Crippen molar-refractivity contribution in [3.05, 3.63) is 17.0 Å². The highest BCUT2D eigenvalue weighted by Gasteiger charge is 2.31. The summed E-state index contributed by atoms with van der Waals surface area (Å²) in [5.74, 6) is 0. The summed E-state index contributed by atoms with van der Waals surface area (Å²) < 4.78 is 60.7. The fourth-order valence-electron chi connectivity index (χ4n) is 1.15. The predicted octanol–water partition coefficient (Wildman–Crippen LogP) is 1.96. The first-order valence-corrected chi connectivity index (χ1v) is 7.63. The van der Waals surface area contributed by atoms with Gasteiger partial charge in [0.2, 0.25) is 0 Å². The molecule has 0 radical (unpaired) electrons. The summed E-state index contributed by atoms with van der Waals surface area (Å²) in [7, 11) is -2.84. The predicted molar refractivity (Wildman–Crippen MR) is 70.7 cm³/mol. The molecule has 0 aliphatic carbocycles. The Labute approximate surface area is 118 Å². The first-order valence-electron chi connectivity index (χ1n) is 4.97. The second-order valence-corrected chi connectivity index (χ2v) is 7.47. The third-order valence-corrected chi connectivity index (χ3v) is 5.99. The van der Waals surface area contributed by atoms with Crippen LogP contribution in [0.15, 0.2) is 16.3 Å². The maximum Gasteiger partial charge on any atom is 0.390 e. The Kier molecular flexibility index (Phi) is 4.93. The Hall–Kier alpha value is -0.710. The van der Waals surface area contributed by atoms with Gasteiger partial charge in [-0.05, 0) is 12.1 Å². The second kappa shape index (κ2) is 5.73. The number of hydrogen-bond acceptors (Lipinski definition) is 4.